The average molecular weight is 356 g/mol. The number of amides is 1. The van der Waals surface area contributed by atoms with Crippen molar-refractivity contribution < 1.29 is 14.3 Å². The van der Waals surface area contributed by atoms with Crippen molar-refractivity contribution in [3.8, 4) is 0 Å². The Morgan fingerprint density at radius 3 is 2.87 bits per heavy atom. The van der Waals surface area contributed by atoms with Gasteiger partial charge < -0.3 is 15.9 Å². The van der Waals surface area contributed by atoms with E-state index in [1.807, 2.05) is 0 Å². The van der Waals surface area contributed by atoms with E-state index in [0.717, 1.165) is 23.1 Å². The van der Waals surface area contributed by atoms with Crippen LogP contribution in [0, 0.1) is 6.92 Å². The lowest BCUT2D eigenvalue weighted by Crippen LogP contribution is -2.15. The van der Waals surface area contributed by atoms with Crippen LogP contribution in [0.5, 0.6) is 0 Å². The lowest BCUT2D eigenvalue weighted by molar-refractivity contribution is -0.113. The third kappa shape index (κ3) is 4.66. The van der Waals surface area contributed by atoms with Crippen LogP contribution in [0.15, 0.2) is 11.5 Å². The first kappa shape index (κ1) is 17.2. The summed E-state index contributed by atoms with van der Waals surface area (Å²) in [6.45, 7) is 5.23. The minimum atomic E-state index is -0.443. The lowest BCUT2D eigenvalue weighted by atomic mass is 10.4. The fourth-order valence-corrected chi connectivity index (χ4v) is 3.03. The van der Waals surface area contributed by atoms with Gasteiger partial charge in [-0.25, -0.2) is 14.5 Å². The standard InChI is InChI=1S/C12H16N6O3S2/c1-6(2)21-10(20)9-7(3)15-11(23-9)16-8(19)4-22-12-17-14-5-18(12)13/h5-6H,4,13H2,1-3H3,(H,15,16,19). The van der Waals surface area contributed by atoms with Gasteiger partial charge in [0.2, 0.25) is 11.1 Å². The van der Waals surface area contributed by atoms with Gasteiger partial charge in [-0.15, -0.1) is 10.2 Å². The topological polar surface area (TPSA) is 125 Å². The van der Waals surface area contributed by atoms with Crippen LogP contribution in [0.25, 0.3) is 0 Å². The van der Waals surface area contributed by atoms with Crippen molar-refractivity contribution in [1.82, 2.24) is 19.9 Å². The molecule has 0 aromatic carbocycles. The maximum atomic E-state index is 11.9. The number of carbonyl (C=O) groups is 2. The van der Waals surface area contributed by atoms with Crippen LogP contribution in [0.2, 0.25) is 0 Å². The van der Waals surface area contributed by atoms with Gasteiger partial charge in [0.15, 0.2) is 5.13 Å². The molecule has 0 saturated heterocycles. The number of esters is 1. The zero-order chi connectivity index (χ0) is 17.0. The van der Waals surface area contributed by atoms with E-state index in [-0.39, 0.29) is 17.8 Å². The maximum absolute atomic E-state index is 11.9. The Bertz CT molecular complexity index is 711. The van der Waals surface area contributed by atoms with Gasteiger partial charge in [0.25, 0.3) is 0 Å². The highest BCUT2D eigenvalue weighted by atomic mass is 32.2. The Kier molecular flexibility index (Phi) is 5.55. The molecular weight excluding hydrogens is 340 g/mol. The van der Waals surface area contributed by atoms with Crippen molar-refractivity contribution in [3.63, 3.8) is 0 Å². The van der Waals surface area contributed by atoms with Crippen LogP contribution in [-0.2, 0) is 9.53 Å². The molecule has 0 aliphatic heterocycles. The smallest absolute Gasteiger partial charge is 0.350 e. The van der Waals surface area contributed by atoms with Crippen molar-refractivity contribution in [1.29, 1.82) is 0 Å². The van der Waals surface area contributed by atoms with E-state index < -0.39 is 5.97 Å². The summed E-state index contributed by atoms with van der Waals surface area (Å²) in [5.41, 5.74) is 0.519. The van der Waals surface area contributed by atoms with Crippen molar-refractivity contribution in [3.05, 3.63) is 16.9 Å². The molecule has 3 N–H and O–H groups in total. The molecule has 0 saturated carbocycles. The van der Waals surface area contributed by atoms with E-state index in [0.29, 0.717) is 20.9 Å². The van der Waals surface area contributed by atoms with Gasteiger partial charge in [-0.3, -0.25) is 4.79 Å². The Labute approximate surface area is 140 Å². The number of thiazole rings is 1. The molecule has 9 nitrogen and oxygen atoms in total. The number of thioether (sulfide) groups is 1. The second-order valence-corrected chi connectivity index (χ2v) is 6.69. The van der Waals surface area contributed by atoms with Crippen molar-refractivity contribution in [2.75, 3.05) is 16.9 Å². The summed E-state index contributed by atoms with van der Waals surface area (Å²) in [4.78, 5) is 28.3. The number of nitrogens with one attached hydrogen (secondary N) is 1. The van der Waals surface area contributed by atoms with Crippen LogP contribution in [0.3, 0.4) is 0 Å². The van der Waals surface area contributed by atoms with Gasteiger partial charge in [0.1, 0.15) is 11.2 Å². The van der Waals surface area contributed by atoms with E-state index in [1.54, 1.807) is 20.8 Å². The predicted molar refractivity (Wildman–Crippen MR) is 86.9 cm³/mol. The third-order valence-corrected chi connectivity index (χ3v) is 4.45. The molecule has 0 bridgehead atoms. The highest BCUT2D eigenvalue weighted by Gasteiger charge is 2.19. The monoisotopic (exact) mass is 356 g/mol. The molecule has 2 aromatic heterocycles. The highest BCUT2D eigenvalue weighted by Crippen LogP contribution is 2.24. The number of aryl methyl sites for hydroxylation is 1. The average Bonchev–Trinajstić information content (AvgIpc) is 3.02. The largest absolute Gasteiger partial charge is 0.459 e. The van der Waals surface area contributed by atoms with E-state index >= 15 is 0 Å². The second-order valence-electron chi connectivity index (χ2n) is 4.75. The molecule has 2 heterocycles. The number of hydrogen-bond acceptors (Lipinski definition) is 9. The highest BCUT2D eigenvalue weighted by molar-refractivity contribution is 7.99. The summed E-state index contributed by atoms with van der Waals surface area (Å²) in [6, 6.07) is 0. The van der Waals surface area contributed by atoms with E-state index in [9.17, 15) is 9.59 Å². The van der Waals surface area contributed by atoms with Gasteiger partial charge in [0, 0.05) is 0 Å². The summed E-state index contributed by atoms with van der Waals surface area (Å²) >= 11 is 2.22. The third-order valence-electron chi connectivity index (χ3n) is 2.44. The van der Waals surface area contributed by atoms with Crippen molar-refractivity contribution in [2.24, 2.45) is 0 Å². The predicted octanol–water partition coefficient (Wildman–Crippen LogP) is 1.05. The zero-order valence-corrected chi connectivity index (χ0v) is 14.4. The number of carbonyl (C=O) groups excluding carboxylic acids is 2. The molecule has 0 aliphatic carbocycles. The quantitative estimate of drug-likeness (QED) is 0.447. The summed E-state index contributed by atoms with van der Waals surface area (Å²) in [7, 11) is 0. The normalized spacial score (nSPS) is 10.8. The number of nitrogens with zero attached hydrogens (tertiary/aromatic N) is 4. The van der Waals surface area contributed by atoms with Crippen LogP contribution < -0.4 is 11.2 Å². The van der Waals surface area contributed by atoms with Crippen LogP contribution in [-0.4, -0.2) is 43.6 Å². The van der Waals surface area contributed by atoms with Gasteiger partial charge in [-0.2, -0.15) is 0 Å². The molecule has 2 aromatic rings. The maximum Gasteiger partial charge on any atom is 0.350 e. The van der Waals surface area contributed by atoms with Gasteiger partial charge in [-0.1, -0.05) is 23.1 Å². The number of nitrogens with two attached hydrogens (primary N) is 1. The molecular formula is C12H16N6O3S2. The summed E-state index contributed by atoms with van der Waals surface area (Å²) in [5.74, 6) is 4.93. The fraction of sp³-hybridized carbons (Fsp3) is 0.417. The first-order valence-electron chi connectivity index (χ1n) is 6.63. The Balaban J connectivity index is 1.94. The summed E-state index contributed by atoms with van der Waals surface area (Å²) in [6.07, 6.45) is 1.13. The molecule has 0 unspecified atom stereocenters. The van der Waals surface area contributed by atoms with Crippen LogP contribution in [0.1, 0.15) is 29.2 Å². The molecule has 0 aliphatic rings. The molecule has 23 heavy (non-hydrogen) atoms. The lowest BCUT2D eigenvalue weighted by Gasteiger charge is -2.05. The molecule has 0 radical (unpaired) electrons. The zero-order valence-electron chi connectivity index (χ0n) is 12.8. The number of nitrogen functional groups attached to an aromatic ring is 1. The van der Waals surface area contributed by atoms with Gasteiger partial charge in [-0.05, 0) is 20.8 Å². The molecule has 11 heteroatoms. The fourth-order valence-electron chi connectivity index (χ4n) is 1.53. The van der Waals surface area contributed by atoms with E-state index in [2.05, 4.69) is 20.5 Å². The van der Waals surface area contributed by atoms with E-state index in [4.69, 9.17) is 10.6 Å². The minimum absolute atomic E-state index is 0.0975. The molecule has 1 amide bonds. The number of aromatic nitrogens is 4. The van der Waals surface area contributed by atoms with Gasteiger partial charge in [0.05, 0.1) is 17.6 Å². The van der Waals surface area contributed by atoms with Crippen molar-refractivity contribution in [2.45, 2.75) is 32.0 Å². The summed E-state index contributed by atoms with van der Waals surface area (Å²) < 4.78 is 6.36. The molecule has 2 rings (SSSR count). The molecule has 124 valence electrons. The second kappa shape index (κ2) is 7.42. The van der Waals surface area contributed by atoms with Gasteiger partial charge >= 0.3 is 5.97 Å². The number of hydrogen-bond donors (Lipinski definition) is 2. The van der Waals surface area contributed by atoms with Crippen LogP contribution >= 0.6 is 23.1 Å². The van der Waals surface area contributed by atoms with Crippen molar-refractivity contribution >= 4 is 40.1 Å². The first-order chi connectivity index (χ1) is 10.9. The van der Waals surface area contributed by atoms with Crippen LogP contribution in [0.4, 0.5) is 5.13 Å². The van der Waals surface area contributed by atoms with E-state index in [1.165, 1.54) is 11.0 Å². The molecule has 0 atom stereocenters. The Morgan fingerprint density at radius 2 is 2.26 bits per heavy atom. The number of anilines is 1. The first-order valence-corrected chi connectivity index (χ1v) is 8.43. The summed E-state index contributed by atoms with van der Waals surface area (Å²) in [5, 5.41) is 10.8. The molecule has 0 spiro atoms. The molecule has 0 fully saturated rings. The number of ether oxygens (including phenoxy) is 1. The Hall–Kier alpha value is -2.14. The Morgan fingerprint density at radius 1 is 1.52 bits per heavy atom. The SMILES string of the molecule is Cc1nc(NC(=O)CSc2nncn2N)sc1C(=O)OC(C)C. The number of rotatable bonds is 6. The minimum Gasteiger partial charge on any atom is -0.459 e.